The number of aryl methyl sites for hydroxylation is 1. The predicted molar refractivity (Wildman–Crippen MR) is 121 cm³/mol. The Balaban J connectivity index is 2.28. The Morgan fingerprint density at radius 3 is 1.96 bits per heavy atom. The van der Waals surface area contributed by atoms with Crippen LogP contribution in [-0.2, 0) is 6.42 Å². The summed E-state index contributed by atoms with van der Waals surface area (Å²) < 4.78 is 17.3. The van der Waals surface area contributed by atoms with Crippen molar-refractivity contribution in [3.63, 3.8) is 0 Å². The molecule has 3 nitrogen and oxygen atoms in total. The van der Waals surface area contributed by atoms with E-state index in [1.807, 2.05) is 45.1 Å². The highest BCUT2D eigenvalue weighted by molar-refractivity contribution is 7.81. The molecule has 0 radical (unpaired) electrons. The molecule has 0 heterocycles. The fourth-order valence-corrected chi connectivity index (χ4v) is 3.09. The van der Waals surface area contributed by atoms with Crippen molar-refractivity contribution in [2.24, 2.45) is 0 Å². The fraction of sp³-hybridized carbons (Fsp3) is 0.375. The largest absolute Gasteiger partial charge is 0.493 e. The molecule has 0 atom stereocenters. The van der Waals surface area contributed by atoms with Crippen LogP contribution in [0.5, 0.6) is 17.2 Å². The number of benzene rings is 2. The zero-order valence-electron chi connectivity index (χ0n) is 17.3. The molecular formula is C24H30O3S. The van der Waals surface area contributed by atoms with Crippen molar-refractivity contribution in [1.29, 1.82) is 0 Å². The third-order valence-corrected chi connectivity index (χ3v) is 4.54. The van der Waals surface area contributed by atoms with E-state index in [2.05, 4.69) is 31.2 Å². The molecule has 0 aromatic heterocycles. The molecule has 150 valence electrons. The monoisotopic (exact) mass is 398 g/mol. The first-order chi connectivity index (χ1) is 13.6. The maximum absolute atomic E-state index is 5.81. The number of rotatable bonds is 11. The van der Waals surface area contributed by atoms with Gasteiger partial charge >= 0.3 is 0 Å². The minimum Gasteiger partial charge on any atom is -0.493 e. The number of ether oxygens (including phenoxy) is 3. The molecular weight excluding hydrogens is 368 g/mol. The molecule has 0 N–H and O–H groups in total. The van der Waals surface area contributed by atoms with Gasteiger partial charge in [0.25, 0.3) is 0 Å². The minimum absolute atomic E-state index is 0.568. The van der Waals surface area contributed by atoms with Gasteiger partial charge in [-0.05, 0) is 56.5 Å². The lowest BCUT2D eigenvalue weighted by atomic mass is 10.0. The van der Waals surface area contributed by atoms with Gasteiger partial charge in [0, 0.05) is 16.5 Å². The molecule has 0 fully saturated rings. The van der Waals surface area contributed by atoms with Crippen LogP contribution in [0.1, 0.15) is 50.8 Å². The fourth-order valence-electron chi connectivity index (χ4n) is 2.89. The summed E-state index contributed by atoms with van der Waals surface area (Å²) in [5, 5.41) is 0. The van der Waals surface area contributed by atoms with E-state index in [-0.39, 0.29) is 0 Å². The zero-order chi connectivity index (χ0) is 20.4. The zero-order valence-corrected chi connectivity index (χ0v) is 18.1. The highest BCUT2D eigenvalue weighted by Gasteiger charge is 2.12. The lowest BCUT2D eigenvalue weighted by Gasteiger charge is -2.15. The van der Waals surface area contributed by atoms with Gasteiger partial charge in [0.15, 0.2) is 11.5 Å². The highest BCUT2D eigenvalue weighted by Crippen LogP contribution is 2.36. The van der Waals surface area contributed by atoms with Crippen LogP contribution in [0.3, 0.4) is 0 Å². The van der Waals surface area contributed by atoms with E-state index < -0.39 is 0 Å². The summed E-state index contributed by atoms with van der Waals surface area (Å²) in [4.78, 5) is 0.789. The maximum Gasteiger partial charge on any atom is 0.164 e. The van der Waals surface area contributed by atoms with E-state index in [1.54, 1.807) is 0 Å². The van der Waals surface area contributed by atoms with Crippen LogP contribution in [0, 0.1) is 0 Å². The van der Waals surface area contributed by atoms with Crippen LogP contribution in [-0.4, -0.2) is 24.7 Å². The first-order valence-electron chi connectivity index (χ1n) is 10.0. The van der Waals surface area contributed by atoms with E-state index in [0.717, 1.165) is 34.6 Å². The number of hydrogen-bond donors (Lipinski definition) is 0. The van der Waals surface area contributed by atoms with Gasteiger partial charge < -0.3 is 14.2 Å². The molecule has 0 saturated heterocycles. The first kappa shape index (κ1) is 22.0. The van der Waals surface area contributed by atoms with Crippen molar-refractivity contribution in [2.75, 3.05) is 19.8 Å². The Kier molecular flexibility index (Phi) is 9.02. The van der Waals surface area contributed by atoms with Gasteiger partial charge in [-0.2, -0.15) is 0 Å². The number of thiocarbonyl (C=S) groups is 1. The van der Waals surface area contributed by atoms with Crippen LogP contribution in [0.15, 0.2) is 42.5 Å². The van der Waals surface area contributed by atoms with Gasteiger partial charge in [0.2, 0.25) is 0 Å². The summed E-state index contributed by atoms with van der Waals surface area (Å²) in [6.07, 6.45) is 6.15. The van der Waals surface area contributed by atoms with Crippen LogP contribution >= 0.6 is 12.2 Å². The topological polar surface area (TPSA) is 27.7 Å². The SMILES string of the molecule is CCCc1ccc(C(=S)C=Cc2cc(OCC)c(OCC)cc2OCC)cc1. The standard InChI is InChI=1S/C24H30O3S/c1-5-9-18-10-12-19(13-11-18)24(28)15-14-20-16-22(26-7-3)23(27-8-4)17-21(20)25-6-2/h10-17H,5-9H2,1-4H3. The Bertz CT molecular complexity index is 794. The molecule has 0 amide bonds. The average molecular weight is 399 g/mol. The summed E-state index contributed by atoms with van der Waals surface area (Å²) in [7, 11) is 0. The first-order valence-corrected chi connectivity index (χ1v) is 10.4. The van der Waals surface area contributed by atoms with Gasteiger partial charge in [-0.3, -0.25) is 0 Å². The molecule has 0 aliphatic rings. The van der Waals surface area contributed by atoms with E-state index >= 15 is 0 Å². The molecule has 0 aliphatic carbocycles. The highest BCUT2D eigenvalue weighted by atomic mass is 32.1. The molecule has 0 bridgehead atoms. The second-order valence-electron chi connectivity index (χ2n) is 6.28. The van der Waals surface area contributed by atoms with Gasteiger partial charge in [0.1, 0.15) is 5.75 Å². The van der Waals surface area contributed by atoms with Gasteiger partial charge in [-0.1, -0.05) is 49.8 Å². The maximum atomic E-state index is 5.81. The van der Waals surface area contributed by atoms with Crippen molar-refractivity contribution in [3.05, 3.63) is 59.2 Å². The Hall–Kier alpha value is -2.33. The van der Waals surface area contributed by atoms with E-state index in [4.69, 9.17) is 26.4 Å². The molecule has 0 saturated carbocycles. The van der Waals surface area contributed by atoms with Crippen molar-refractivity contribution >= 4 is 23.2 Å². The van der Waals surface area contributed by atoms with Crippen LogP contribution < -0.4 is 14.2 Å². The van der Waals surface area contributed by atoms with Crippen LogP contribution in [0.2, 0.25) is 0 Å². The molecule has 2 aromatic carbocycles. The predicted octanol–water partition coefficient (Wildman–Crippen LogP) is 6.27. The van der Waals surface area contributed by atoms with E-state index in [0.29, 0.717) is 31.3 Å². The summed E-state index contributed by atoms with van der Waals surface area (Å²) in [6.45, 7) is 9.77. The molecule has 2 rings (SSSR count). The van der Waals surface area contributed by atoms with Crippen molar-refractivity contribution in [3.8, 4) is 17.2 Å². The second-order valence-corrected chi connectivity index (χ2v) is 6.72. The summed E-state index contributed by atoms with van der Waals surface area (Å²) in [5.74, 6) is 2.16. The lowest BCUT2D eigenvalue weighted by molar-refractivity contribution is 0.282. The lowest BCUT2D eigenvalue weighted by Crippen LogP contribution is -2.01. The summed E-state index contributed by atoms with van der Waals surface area (Å²) in [5.41, 5.74) is 3.29. The van der Waals surface area contributed by atoms with Crippen molar-refractivity contribution in [1.82, 2.24) is 0 Å². The number of allylic oxidation sites excluding steroid dienone is 1. The Labute approximate surface area is 174 Å². The molecule has 2 aromatic rings. The third-order valence-electron chi connectivity index (χ3n) is 4.17. The number of hydrogen-bond acceptors (Lipinski definition) is 4. The summed E-state index contributed by atoms with van der Waals surface area (Å²) in [6, 6.07) is 12.3. The molecule has 28 heavy (non-hydrogen) atoms. The Morgan fingerprint density at radius 1 is 0.821 bits per heavy atom. The smallest absolute Gasteiger partial charge is 0.164 e. The Morgan fingerprint density at radius 2 is 1.39 bits per heavy atom. The quantitative estimate of drug-likeness (QED) is 0.253. The van der Waals surface area contributed by atoms with Gasteiger partial charge in [-0.25, -0.2) is 0 Å². The minimum atomic E-state index is 0.568. The molecule has 0 spiro atoms. The molecule has 0 aliphatic heterocycles. The van der Waals surface area contributed by atoms with Crippen LogP contribution in [0.4, 0.5) is 0 Å². The molecule has 0 unspecified atom stereocenters. The normalized spacial score (nSPS) is 10.9. The third kappa shape index (κ3) is 6.10. The van der Waals surface area contributed by atoms with Crippen LogP contribution in [0.25, 0.3) is 6.08 Å². The van der Waals surface area contributed by atoms with Gasteiger partial charge in [0.05, 0.1) is 19.8 Å². The van der Waals surface area contributed by atoms with E-state index in [1.165, 1.54) is 5.56 Å². The second kappa shape index (κ2) is 11.5. The molecule has 4 heteroatoms. The summed E-state index contributed by atoms with van der Waals surface area (Å²) >= 11 is 5.60. The average Bonchev–Trinajstić information content (AvgIpc) is 2.70. The van der Waals surface area contributed by atoms with Crippen molar-refractivity contribution < 1.29 is 14.2 Å². The van der Waals surface area contributed by atoms with E-state index in [9.17, 15) is 0 Å². The van der Waals surface area contributed by atoms with Gasteiger partial charge in [-0.15, -0.1) is 0 Å². The van der Waals surface area contributed by atoms with Crippen molar-refractivity contribution in [2.45, 2.75) is 40.5 Å².